The second-order valence-corrected chi connectivity index (χ2v) is 6.13. The van der Waals surface area contributed by atoms with E-state index < -0.39 is 0 Å². The summed E-state index contributed by atoms with van der Waals surface area (Å²) in [5.74, 6) is 1.24. The third kappa shape index (κ3) is 5.60. The van der Waals surface area contributed by atoms with Gasteiger partial charge in [-0.05, 0) is 12.5 Å². The lowest BCUT2D eigenvalue weighted by atomic mass is 10.0. The number of methoxy groups -OCH3 is 2. The average Bonchev–Trinajstić information content (AvgIpc) is 2.50. The van der Waals surface area contributed by atoms with E-state index in [2.05, 4.69) is 6.92 Å². The molecule has 0 saturated carbocycles. The Hall–Kier alpha value is -0.600. The van der Waals surface area contributed by atoms with Gasteiger partial charge in [-0.3, -0.25) is 0 Å². The summed E-state index contributed by atoms with van der Waals surface area (Å²) in [5, 5.41) is 0.417. The molecular weight excluding hydrogens is 307 g/mol. The Bertz CT molecular complexity index is 421. The first-order chi connectivity index (χ1) is 10.2. The van der Waals surface area contributed by atoms with Crippen molar-refractivity contribution < 1.29 is 9.47 Å². The van der Waals surface area contributed by atoms with Gasteiger partial charge in [0.2, 0.25) is 0 Å². The van der Waals surface area contributed by atoms with Gasteiger partial charge in [-0.2, -0.15) is 0 Å². The predicted octanol–water partition coefficient (Wildman–Crippen LogP) is 6.39. The molecule has 0 aliphatic heterocycles. The van der Waals surface area contributed by atoms with Crippen LogP contribution in [0.1, 0.15) is 62.8 Å². The molecule has 0 aliphatic rings. The van der Waals surface area contributed by atoms with Crippen LogP contribution in [0.2, 0.25) is 5.02 Å². The third-order valence-electron chi connectivity index (χ3n) is 3.66. The van der Waals surface area contributed by atoms with Gasteiger partial charge in [0.25, 0.3) is 0 Å². The summed E-state index contributed by atoms with van der Waals surface area (Å²) in [6.45, 7) is 2.23. The van der Waals surface area contributed by atoms with Crippen molar-refractivity contribution in [2.24, 2.45) is 0 Å². The molecule has 1 aromatic rings. The maximum atomic E-state index is 6.52. The maximum absolute atomic E-state index is 6.52. The van der Waals surface area contributed by atoms with Crippen LogP contribution in [-0.2, 0) is 0 Å². The molecule has 21 heavy (non-hydrogen) atoms. The molecule has 0 N–H and O–H groups in total. The Kier molecular flexibility index (Phi) is 8.94. The van der Waals surface area contributed by atoms with E-state index in [1.54, 1.807) is 14.2 Å². The quantitative estimate of drug-likeness (QED) is 0.365. The van der Waals surface area contributed by atoms with Crippen LogP contribution in [0.25, 0.3) is 0 Å². The van der Waals surface area contributed by atoms with Crippen LogP contribution < -0.4 is 9.47 Å². The van der Waals surface area contributed by atoms with Crippen molar-refractivity contribution in [1.82, 2.24) is 0 Å². The van der Waals surface area contributed by atoms with Crippen molar-refractivity contribution in [2.45, 2.75) is 57.2 Å². The Morgan fingerprint density at radius 3 is 2.29 bits per heavy atom. The number of alkyl halides is 1. The summed E-state index contributed by atoms with van der Waals surface area (Å²) < 4.78 is 10.6. The van der Waals surface area contributed by atoms with Gasteiger partial charge in [-0.15, -0.1) is 11.6 Å². The zero-order chi connectivity index (χ0) is 15.7. The fourth-order valence-corrected chi connectivity index (χ4v) is 3.08. The Morgan fingerprint density at radius 1 is 1.00 bits per heavy atom. The van der Waals surface area contributed by atoms with Gasteiger partial charge >= 0.3 is 0 Å². The van der Waals surface area contributed by atoms with E-state index in [1.165, 1.54) is 32.1 Å². The van der Waals surface area contributed by atoms with Gasteiger partial charge in [0, 0.05) is 5.56 Å². The van der Waals surface area contributed by atoms with Crippen molar-refractivity contribution in [2.75, 3.05) is 14.2 Å². The summed E-state index contributed by atoms with van der Waals surface area (Å²) in [7, 11) is 3.20. The van der Waals surface area contributed by atoms with Crippen LogP contribution in [0, 0.1) is 0 Å². The Morgan fingerprint density at radius 2 is 1.67 bits per heavy atom. The first kappa shape index (κ1) is 18.4. The van der Waals surface area contributed by atoms with E-state index in [4.69, 9.17) is 32.7 Å². The average molecular weight is 333 g/mol. The lowest BCUT2D eigenvalue weighted by Gasteiger charge is -2.17. The summed E-state index contributed by atoms with van der Waals surface area (Å²) in [4.78, 5) is 0. The van der Waals surface area contributed by atoms with Crippen LogP contribution in [-0.4, -0.2) is 14.2 Å². The first-order valence-corrected chi connectivity index (χ1v) is 8.51. The van der Waals surface area contributed by atoms with Crippen molar-refractivity contribution in [1.29, 1.82) is 0 Å². The van der Waals surface area contributed by atoms with E-state index in [1.807, 2.05) is 12.1 Å². The standard InChI is InChI=1S/C17H26Cl2O2/c1-4-5-6-7-8-9-10-14(18)13-11-12-15(20-2)16(19)17(13)21-3/h11-12,14H,4-10H2,1-3H3. The molecule has 0 aromatic heterocycles. The maximum Gasteiger partial charge on any atom is 0.145 e. The number of unbranched alkanes of at least 4 members (excludes halogenated alkanes) is 5. The molecule has 1 rings (SSSR count). The minimum Gasteiger partial charge on any atom is -0.495 e. The summed E-state index contributed by atoms with van der Waals surface area (Å²) >= 11 is 12.8. The highest BCUT2D eigenvalue weighted by Crippen LogP contribution is 2.42. The molecule has 0 bridgehead atoms. The zero-order valence-electron chi connectivity index (χ0n) is 13.3. The lowest BCUT2D eigenvalue weighted by molar-refractivity contribution is 0.390. The molecule has 0 fully saturated rings. The second kappa shape index (κ2) is 10.2. The summed E-state index contributed by atoms with van der Waals surface area (Å²) in [6.07, 6.45) is 8.51. The third-order valence-corrected chi connectivity index (χ3v) is 4.48. The SMILES string of the molecule is CCCCCCCCC(Cl)c1ccc(OC)c(Cl)c1OC. The number of benzene rings is 1. The molecule has 1 unspecified atom stereocenters. The smallest absolute Gasteiger partial charge is 0.145 e. The number of halogens is 2. The van der Waals surface area contributed by atoms with Gasteiger partial charge in [0.05, 0.1) is 19.6 Å². The zero-order valence-corrected chi connectivity index (χ0v) is 14.8. The molecule has 0 radical (unpaired) electrons. The monoisotopic (exact) mass is 332 g/mol. The van der Waals surface area contributed by atoms with Gasteiger partial charge in [0.1, 0.15) is 16.5 Å². The van der Waals surface area contributed by atoms with E-state index in [0.717, 1.165) is 18.4 Å². The summed E-state index contributed by atoms with van der Waals surface area (Å²) in [5.41, 5.74) is 0.943. The van der Waals surface area contributed by atoms with E-state index >= 15 is 0 Å². The number of rotatable bonds is 10. The van der Waals surface area contributed by atoms with Crippen LogP contribution >= 0.6 is 23.2 Å². The minimum atomic E-state index is -0.0745. The second-order valence-electron chi connectivity index (χ2n) is 5.23. The highest BCUT2D eigenvalue weighted by atomic mass is 35.5. The highest BCUT2D eigenvalue weighted by Gasteiger charge is 2.18. The van der Waals surface area contributed by atoms with Gasteiger partial charge in [-0.1, -0.05) is 63.1 Å². The van der Waals surface area contributed by atoms with Gasteiger partial charge in [0.15, 0.2) is 0 Å². The van der Waals surface area contributed by atoms with Crippen LogP contribution in [0.5, 0.6) is 11.5 Å². The Labute approximate surface area is 138 Å². The first-order valence-electron chi connectivity index (χ1n) is 7.70. The molecule has 0 spiro atoms. The van der Waals surface area contributed by atoms with Crippen LogP contribution in [0.4, 0.5) is 0 Å². The Balaban J connectivity index is 2.57. The number of hydrogen-bond donors (Lipinski definition) is 0. The molecule has 120 valence electrons. The topological polar surface area (TPSA) is 18.5 Å². The molecule has 0 amide bonds. The molecule has 4 heteroatoms. The molecular formula is C17H26Cl2O2. The highest BCUT2D eigenvalue weighted by molar-refractivity contribution is 6.34. The fourth-order valence-electron chi connectivity index (χ4n) is 2.42. The number of ether oxygens (including phenoxy) is 2. The largest absolute Gasteiger partial charge is 0.495 e. The van der Waals surface area contributed by atoms with E-state index in [0.29, 0.717) is 16.5 Å². The number of hydrogen-bond acceptors (Lipinski definition) is 2. The van der Waals surface area contributed by atoms with Crippen molar-refractivity contribution >= 4 is 23.2 Å². The summed E-state index contributed by atoms with van der Waals surface area (Å²) in [6, 6.07) is 3.79. The fraction of sp³-hybridized carbons (Fsp3) is 0.647. The van der Waals surface area contributed by atoms with Gasteiger partial charge in [-0.25, -0.2) is 0 Å². The molecule has 0 saturated heterocycles. The minimum absolute atomic E-state index is 0.0745. The van der Waals surface area contributed by atoms with Crippen LogP contribution in [0.3, 0.4) is 0 Å². The predicted molar refractivity (Wildman–Crippen MR) is 91.1 cm³/mol. The van der Waals surface area contributed by atoms with Crippen LogP contribution in [0.15, 0.2) is 12.1 Å². The molecule has 0 heterocycles. The normalized spacial score (nSPS) is 12.2. The van der Waals surface area contributed by atoms with E-state index in [-0.39, 0.29) is 5.38 Å². The van der Waals surface area contributed by atoms with Crippen molar-refractivity contribution in [3.05, 3.63) is 22.7 Å². The van der Waals surface area contributed by atoms with Crippen molar-refractivity contribution in [3.63, 3.8) is 0 Å². The molecule has 1 atom stereocenters. The molecule has 2 nitrogen and oxygen atoms in total. The van der Waals surface area contributed by atoms with Gasteiger partial charge < -0.3 is 9.47 Å². The van der Waals surface area contributed by atoms with Crippen molar-refractivity contribution in [3.8, 4) is 11.5 Å². The van der Waals surface area contributed by atoms with E-state index in [9.17, 15) is 0 Å². The molecule has 0 aliphatic carbocycles. The lowest BCUT2D eigenvalue weighted by Crippen LogP contribution is -1.98. The molecule has 1 aromatic carbocycles.